The lowest BCUT2D eigenvalue weighted by atomic mass is 9.45. The summed E-state index contributed by atoms with van der Waals surface area (Å²) in [5.74, 6) is 2.71. The third-order valence-corrected chi connectivity index (χ3v) is 7.17. The summed E-state index contributed by atoms with van der Waals surface area (Å²) >= 11 is 0. The number of Topliss-reactive ketones (excluding diaryl/α,β-unsaturated/α-hetero) is 1. The van der Waals surface area contributed by atoms with E-state index in [9.17, 15) is 4.79 Å². The highest BCUT2D eigenvalue weighted by atomic mass is 16.1. The molecule has 4 atom stereocenters. The van der Waals surface area contributed by atoms with Crippen LogP contribution in [0.15, 0.2) is 12.2 Å². The number of rotatable bonds is 1. The smallest absolute Gasteiger partial charge is 0.164 e. The fraction of sp³-hybridized carbons (Fsp3) is 0.842. The molecule has 3 aliphatic rings. The van der Waals surface area contributed by atoms with E-state index in [-0.39, 0.29) is 5.41 Å². The molecule has 0 bridgehead atoms. The lowest BCUT2D eigenvalue weighted by Crippen LogP contribution is -2.54. The number of ketones is 1. The molecule has 0 aromatic heterocycles. The van der Waals surface area contributed by atoms with Gasteiger partial charge >= 0.3 is 0 Å². The van der Waals surface area contributed by atoms with Crippen molar-refractivity contribution >= 4 is 5.78 Å². The first-order valence-corrected chi connectivity index (χ1v) is 8.65. The normalized spacial score (nSPS) is 43.9. The van der Waals surface area contributed by atoms with E-state index in [1.165, 1.54) is 32.1 Å². The third-order valence-electron chi connectivity index (χ3n) is 7.17. The largest absolute Gasteiger partial charge is 0.294 e. The molecule has 1 heteroatoms. The zero-order chi connectivity index (χ0) is 14.5. The highest BCUT2D eigenvalue weighted by molar-refractivity contribution is 6.00. The fourth-order valence-corrected chi connectivity index (χ4v) is 6.02. The first-order valence-electron chi connectivity index (χ1n) is 8.65. The van der Waals surface area contributed by atoms with E-state index in [4.69, 9.17) is 0 Å². The topological polar surface area (TPSA) is 17.1 Å². The summed E-state index contributed by atoms with van der Waals surface area (Å²) in [6.45, 7) is 11.2. The predicted octanol–water partition coefficient (Wildman–Crippen LogP) is 5.15. The van der Waals surface area contributed by atoms with Crippen molar-refractivity contribution < 1.29 is 4.79 Å². The van der Waals surface area contributed by atoms with Crippen molar-refractivity contribution in [3.63, 3.8) is 0 Å². The van der Waals surface area contributed by atoms with Crippen LogP contribution in [0.4, 0.5) is 0 Å². The van der Waals surface area contributed by atoms with Crippen LogP contribution in [0, 0.1) is 28.6 Å². The van der Waals surface area contributed by atoms with Crippen molar-refractivity contribution in [2.45, 2.75) is 72.1 Å². The molecule has 0 aliphatic heterocycles. The zero-order valence-electron chi connectivity index (χ0n) is 13.5. The Labute approximate surface area is 124 Å². The molecule has 4 unspecified atom stereocenters. The first kappa shape index (κ1) is 14.4. The maximum atomic E-state index is 12.8. The molecule has 20 heavy (non-hydrogen) atoms. The number of carbonyl (C=O) groups excluding carboxylic acids is 1. The molecule has 0 heterocycles. The number of fused-ring (bicyclic) bond motifs is 3. The molecule has 3 fully saturated rings. The van der Waals surface area contributed by atoms with Gasteiger partial charge in [-0.25, -0.2) is 0 Å². The number of hydrogen-bond acceptors (Lipinski definition) is 1. The molecule has 112 valence electrons. The molecule has 0 amide bonds. The molecular weight excluding hydrogens is 244 g/mol. The van der Waals surface area contributed by atoms with Gasteiger partial charge in [0.05, 0.1) is 0 Å². The van der Waals surface area contributed by atoms with Crippen LogP contribution in [0.2, 0.25) is 0 Å². The quantitative estimate of drug-likeness (QED) is 0.604. The Bertz CT molecular complexity index is 433. The average molecular weight is 274 g/mol. The van der Waals surface area contributed by atoms with E-state index in [0.29, 0.717) is 17.1 Å². The second kappa shape index (κ2) is 4.71. The molecule has 3 aliphatic carbocycles. The van der Waals surface area contributed by atoms with Gasteiger partial charge in [-0.2, -0.15) is 0 Å². The van der Waals surface area contributed by atoms with Gasteiger partial charge in [0.15, 0.2) is 5.78 Å². The Kier molecular flexibility index (Phi) is 3.38. The molecule has 0 aromatic rings. The van der Waals surface area contributed by atoms with Gasteiger partial charge in [-0.15, -0.1) is 0 Å². The standard InChI is InChI=1S/C19H30O/c1-5-19-12-10-15-14(7-6-11-18(15,3)4)16(19)9-8-13(2)17(19)20/h14-16H,2,5-12H2,1,3-4H3. The van der Waals surface area contributed by atoms with Gasteiger partial charge in [-0.05, 0) is 73.7 Å². The summed E-state index contributed by atoms with van der Waals surface area (Å²) in [5.41, 5.74) is 1.36. The van der Waals surface area contributed by atoms with Crippen molar-refractivity contribution in [1.29, 1.82) is 0 Å². The van der Waals surface area contributed by atoms with Gasteiger partial charge in [0, 0.05) is 5.41 Å². The van der Waals surface area contributed by atoms with Gasteiger partial charge in [0.25, 0.3) is 0 Å². The third kappa shape index (κ3) is 1.84. The van der Waals surface area contributed by atoms with Crippen molar-refractivity contribution in [2.24, 2.45) is 28.6 Å². The highest BCUT2D eigenvalue weighted by Crippen LogP contribution is 2.62. The molecule has 0 spiro atoms. The van der Waals surface area contributed by atoms with E-state index in [2.05, 4.69) is 27.4 Å². The molecule has 3 rings (SSSR count). The SMILES string of the molecule is C=C1CCC2C3CCCC(C)(C)C3CCC2(CC)C1=O. The van der Waals surface area contributed by atoms with Crippen LogP contribution in [0.5, 0.6) is 0 Å². The Morgan fingerprint density at radius 2 is 1.90 bits per heavy atom. The van der Waals surface area contributed by atoms with Gasteiger partial charge in [0.2, 0.25) is 0 Å². The molecule has 0 aromatic carbocycles. The van der Waals surface area contributed by atoms with Crippen molar-refractivity contribution in [2.75, 3.05) is 0 Å². The predicted molar refractivity (Wildman–Crippen MR) is 83.4 cm³/mol. The molecule has 0 radical (unpaired) electrons. The van der Waals surface area contributed by atoms with Crippen LogP contribution >= 0.6 is 0 Å². The summed E-state index contributed by atoms with van der Waals surface area (Å²) in [6.07, 6.45) is 9.68. The lowest BCUT2D eigenvalue weighted by molar-refractivity contribution is -0.144. The van der Waals surface area contributed by atoms with E-state index < -0.39 is 0 Å². The van der Waals surface area contributed by atoms with E-state index in [0.717, 1.165) is 36.7 Å². The Morgan fingerprint density at radius 3 is 2.60 bits per heavy atom. The summed E-state index contributed by atoms with van der Waals surface area (Å²) in [7, 11) is 0. The molecule has 0 N–H and O–H groups in total. The van der Waals surface area contributed by atoms with E-state index in [1.807, 2.05) is 0 Å². The molecule has 0 saturated heterocycles. The van der Waals surface area contributed by atoms with Gasteiger partial charge in [-0.1, -0.05) is 33.8 Å². The molecule has 1 nitrogen and oxygen atoms in total. The Balaban J connectivity index is 1.96. The van der Waals surface area contributed by atoms with Crippen LogP contribution in [0.1, 0.15) is 72.1 Å². The lowest BCUT2D eigenvalue weighted by Gasteiger charge is -2.58. The van der Waals surface area contributed by atoms with Crippen LogP contribution in [0.25, 0.3) is 0 Å². The number of hydrogen-bond donors (Lipinski definition) is 0. The van der Waals surface area contributed by atoms with Crippen LogP contribution in [-0.2, 0) is 4.79 Å². The van der Waals surface area contributed by atoms with Crippen LogP contribution in [-0.4, -0.2) is 5.78 Å². The zero-order valence-corrected chi connectivity index (χ0v) is 13.5. The van der Waals surface area contributed by atoms with E-state index in [1.54, 1.807) is 0 Å². The summed E-state index contributed by atoms with van der Waals surface area (Å²) in [6, 6.07) is 0. The second-order valence-corrected chi connectivity index (χ2v) is 8.28. The molecule has 3 saturated carbocycles. The summed E-state index contributed by atoms with van der Waals surface area (Å²) < 4.78 is 0. The highest BCUT2D eigenvalue weighted by Gasteiger charge is 2.57. The summed E-state index contributed by atoms with van der Waals surface area (Å²) in [5, 5.41) is 0. The van der Waals surface area contributed by atoms with Gasteiger partial charge in [0.1, 0.15) is 0 Å². The molecular formula is C19H30O. The maximum absolute atomic E-state index is 12.8. The van der Waals surface area contributed by atoms with Gasteiger partial charge in [-0.3, -0.25) is 4.79 Å². The van der Waals surface area contributed by atoms with Crippen LogP contribution in [0.3, 0.4) is 0 Å². The minimum Gasteiger partial charge on any atom is -0.294 e. The first-order chi connectivity index (χ1) is 9.42. The minimum absolute atomic E-state index is 0.0378. The van der Waals surface area contributed by atoms with Gasteiger partial charge < -0.3 is 0 Å². The fourth-order valence-electron chi connectivity index (χ4n) is 6.02. The number of allylic oxidation sites excluding steroid dienone is 1. The average Bonchev–Trinajstić information content (AvgIpc) is 2.42. The Morgan fingerprint density at radius 1 is 1.15 bits per heavy atom. The van der Waals surface area contributed by atoms with E-state index >= 15 is 0 Å². The monoisotopic (exact) mass is 274 g/mol. The minimum atomic E-state index is -0.0378. The number of carbonyl (C=O) groups is 1. The Hall–Kier alpha value is -0.590. The van der Waals surface area contributed by atoms with Crippen molar-refractivity contribution in [3.05, 3.63) is 12.2 Å². The van der Waals surface area contributed by atoms with Crippen LogP contribution < -0.4 is 0 Å². The maximum Gasteiger partial charge on any atom is 0.164 e. The second-order valence-electron chi connectivity index (χ2n) is 8.28. The van der Waals surface area contributed by atoms with Crippen molar-refractivity contribution in [3.8, 4) is 0 Å². The summed E-state index contributed by atoms with van der Waals surface area (Å²) in [4.78, 5) is 12.8. The van der Waals surface area contributed by atoms with Crippen molar-refractivity contribution in [1.82, 2.24) is 0 Å².